The highest BCUT2D eigenvalue weighted by Gasteiger charge is 2.40. The van der Waals surface area contributed by atoms with Gasteiger partial charge in [-0.15, -0.1) is 0 Å². The molecule has 26 heavy (non-hydrogen) atoms. The lowest BCUT2D eigenvalue weighted by atomic mass is 10.0. The maximum Gasteiger partial charge on any atom is 0.280 e. The highest BCUT2D eigenvalue weighted by Crippen LogP contribution is 2.28. The highest BCUT2D eigenvalue weighted by molar-refractivity contribution is 5.91. The Kier molecular flexibility index (Phi) is 5.05. The largest absolute Gasteiger partial charge is 0.388 e. The Bertz CT molecular complexity index is 862. The quantitative estimate of drug-likeness (QED) is 0.536. The number of imidazole rings is 1. The van der Waals surface area contributed by atoms with E-state index in [2.05, 4.69) is 20.3 Å². The van der Waals surface area contributed by atoms with Crippen LogP contribution in [0.15, 0.2) is 11.1 Å². The molecule has 142 valence electrons. The molecule has 11 heteroatoms. The second-order valence-electron chi connectivity index (χ2n) is 6.36. The zero-order chi connectivity index (χ0) is 19.0. The number of carbonyl (C=O) groups excluding carboxylic acids is 1. The van der Waals surface area contributed by atoms with Gasteiger partial charge in [0.1, 0.15) is 18.3 Å². The second-order valence-corrected chi connectivity index (χ2v) is 6.36. The van der Waals surface area contributed by atoms with Crippen molar-refractivity contribution in [1.29, 1.82) is 0 Å². The number of hydrogen-bond donors (Lipinski definition) is 4. The molecule has 3 rings (SSSR count). The molecule has 0 unspecified atom stereocenters. The van der Waals surface area contributed by atoms with E-state index in [-0.39, 0.29) is 35.5 Å². The Hall–Kier alpha value is -2.34. The van der Waals surface area contributed by atoms with Gasteiger partial charge >= 0.3 is 0 Å². The molecule has 1 saturated heterocycles. The van der Waals surface area contributed by atoms with Crippen molar-refractivity contribution < 1.29 is 24.5 Å². The van der Waals surface area contributed by atoms with E-state index in [1.165, 1.54) is 18.0 Å². The summed E-state index contributed by atoms with van der Waals surface area (Å²) in [6.07, 6.45) is -2.69. The molecule has 3 heterocycles. The minimum atomic E-state index is -1.18. The Morgan fingerprint density at radius 2 is 2.23 bits per heavy atom. The molecular weight excluding hydrogens is 346 g/mol. The zero-order valence-electron chi connectivity index (χ0n) is 14.5. The minimum Gasteiger partial charge on any atom is -0.388 e. The van der Waals surface area contributed by atoms with E-state index >= 15 is 0 Å². The molecule has 2 aromatic heterocycles. The molecule has 1 fully saturated rings. The first kappa shape index (κ1) is 18.5. The number of ether oxygens (including phenoxy) is 2. The number of methoxy groups -OCH3 is 1. The van der Waals surface area contributed by atoms with Crippen molar-refractivity contribution in [3.05, 3.63) is 16.7 Å². The molecule has 0 aliphatic carbocycles. The van der Waals surface area contributed by atoms with Crippen molar-refractivity contribution in [1.82, 2.24) is 19.5 Å². The van der Waals surface area contributed by atoms with Gasteiger partial charge in [0.2, 0.25) is 11.9 Å². The Balaban J connectivity index is 2.03. The van der Waals surface area contributed by atoms with Crippen LogP contribution in [0.5, 0.6) is 0 Å². The van der Waals surface area contributed by atoms with Crippen molar-refractivity contribution in [2.45, 2.75) is 38.4 Å². The van der Waals surface area contributed by atoms with E-state index in [9.17, 15) is 19.8 Å². The second kappa shape index (κ2) is 7.11. The molecule has 0 saturated carbocycles. The Morgan fingerprint density at radius 3 is 2.88 bits per heavy atom. The number of nitrogens with one attached hydrogen (secondary N) is 2. The van der Waals surface area contributed by atoms with Gasteiger partial charge < -0.3 is 19.7 Å². The monoisotopic (exact) mass is 367 g/mol. The summed E-state index contributed by atoms with van der Waals surface area (Å²) in [6.45, 7) is 3.30. The van der Waals surface area contributed by atoms with E-state index in [1.807, 2.05) is 0 Å². The van der Waals surface area contributed by atoms with Gasteiger partial charge in [0.25, 0.3) is 5.56 Å². The lowest BCUT2D eigenvalue weighted by Crippen LogP contribution is -2.51. The molecule has 1 amide bonds. The summed E-state index contributed by atoms with van der Waals surface area (Å²) in [5.41, 5.74) is -0.326. The molecule has 0 bridgehead atoms. The number of H-pyrrole nitrogens is 1. The fraction of sp³-hybridized carbons (Fsp3) is 0.600. The minimum absolute atomic E-state index is 0.0201. The first-order chi connectivity index (χ1) is 12.3. The molecule has 0 spiro atoms. The van der Waals surface area contributed by atoms with Crippen molar-refractivity contribution >= 4 is 23.0 Å². The third-order valence-electron chi connectivity index (χ3n) is 4.19. The Morgan fingerprint density at radius 1 is 1.50 bits per heavy atom. The van der Waals surface area contributed by atoms with Crippen LogP contribution in [-0.2, 0) is 14.3 Å². The lowest BCUT2D eigenvalue weighted by molar-refractivity contribution is -0.218. The summed E-state index contributed by atoms with van der Waals surface area (Å²) < 4.78 is 12.2. The number of aromatic amines is 1. The topological polar surface area (TPSA) is 152 Å². The van der Waals surface area contributed by atoms with E-state index in [0.29, 0.717) is 0 Å². The third kappa shape index (κ3) is 3.21. The summed E-state index contributed by atoms with van der Waals surface area (Å²) in [6, 6.07) is 0. The molecule has 1 aliphatic heterocycles. The molecule has 0 aromatic carbocycles. The van der Waals surface area contributed by atoms with Crippen molar-refractivity contribution in [2.24, 2.45) is 5.92 Å². The summed E-state index contributed by atoms with van der Waals surface area (Å²) in [7, 11) is 1.37. The first-order valence-electron chi connectivity index (χ1n) is 8.11. The fourth-order valence-electron chi connectivity index (χ4n) is 2.71. The molecule has 4 N–H and O–H groups in total. The number of amides is 1. The van der Waals surface area contributed by atoms with Gasteiger partial charge in [-0.05, 0) is 0 Å². The number of hydrogen-bond acceptors (Lipinski definition) is 8. The summed E-state index contributed by atoms with van der Waals surface area (Å²) in [5.74, 6) is -0.619. The number of aliphatic hydroxyl groups is 2. The zero-order valence-corrected chi connectivity index (χ0v) is 14.5. The van der Waals surface area contributed by atoms with Gasteiger partial charge in [0.05, 0.1) is 12.9 Å². The van der Waals surface area contributed by atoms with Crippen LogP contribution in [0.2, 0.25) is 0 Å². The Labute approximate surface area is 148 Å². The number of carbonyl (C=O) groups is 1. The van der Waals surface area contributed by atoms with Crippen LogP contribution in [0, 0.1) is 5.92 Å². The standard InChI is InChI=1S/C15H21N5O6/c1-6(2)12(23)18-15-17-11-8(13(24)19-15)16-5-20(11)14-10(25-3)9(22)7(21)4-26-14/h5-7,9-10,14,21-22H,4H2,1-3H3,(H2,17,18,19,23,24)/t7-,9-,10+,14+/m0/s1. The van der Waals surface area contributed by atoms with Crippen molar-refractivity contribution in [3.63, 3.8) is 0 Å². The van der Waals surface area contributed by atoms with Gasteiger partial charge in [-0.3, -0.25) is 24.5 Å². The SMILES string of the molecule is CO[C@@H]1[C@@H](O)[C@@H](O)CO[C@H]1n1cnc2c(=O)[nH]c(NC(=O)C(C)C)nc21. The average molecular weight is 367 g/mol. The van der Waals surface area contributed by atoms with Crippen LogP contribution in [0.3, 0.4) is 0 Å². The van der Waals surface area contributed by atoms with Gasteiger partial charge in [0.15, 0.2) is 17.4 Å². The van der Waals surface area contributed by atoms with Gasteiger partial charge in [0, 0.05) is 13.0 Å². The van der Waals surface area contributed by atoms with Crippen LogP contribution >= 0.6 is 0 Å². The maximum atomic E-state index is 12.2. The lowest BCUT2D eigenvalue weighted by Gasteiger charge is -2.37. The molecule has 2 aromatic rings. The molecule has 4 atom stereocenters. The van der Waals surface area contributed by atoms with Crippen LogP contribution in [-0.4, -0.2) is 67.7 Å². The van der Waals surface area contributed by atoms with Crippen LogP contribution in [0.25, 0.3) is 11.2 Å². The number of fused-ring (bicyclic) bond motifs is 1. The first-order valence-corrected chi connectivity index (χ1v) is 8.11. The van der Waals surface area contributed by atoms with E-state index in [1.54, 1.807) is 13.8 Å². The van der Waals surface area contributed by atoms with Crippen molar-refractivity contribution in [2.75, 3.05) is 19.0 Å². The fourth-order valence-corrected chi connectivity index (χ4v) is 2.71. The van der Waals surface area contributed by atoms with Crippen LogP contribution in [0.4, 0.5) is 5.95 Å². The molecule has 11 nitrogen and oxygen atoms in total. The third-order valence-corrected chi connectivity index (χ3v) is 4.19. The maximum absolute atomic E-state index is 12.2. The van der Waals surface area contributed by atoms with Crippen LogP contribution < -0.4 is 10.9 Å². The van der Waals surface area contributed by atoms with Gasteiger partial charge in [-0.25, -0.2) is 4.98 Å². The van der Waals surface area contributed by atoms with E-state index < -0.39 is 30.1 Å². The normalized spacial score (nSPS) is 26.4. The van der Waals surface area contributed by atoms with Crippen molar-refractivity contribution in [3.8, 4) is 0 Å². The average Bonchev–Trinajstić information content (AvgIpc) is 3.01. The summed E-state index contributed by atoms with van der Waals surface area (Å²) in [5, 5.41) is 22.4. The predicted molar refractivity (Wildman–Crippen MR) is 89.4 cm³/mol. The molecule has 1 aliphatic rings. The van der Waals surface area contributed by atoms with E-state index in [0.717, 1.165) is 0 Å². The smallest absolute Gasteiger partial charge is 0.280 e. The number of aromatic nitrogens is 4. The van der Waals surface area contributed by atoms with Gasteiger partial charge in [-0.2, -0.15) is 4.98 Å². The molecular formula is C15H21N5O6. The van der Waals surface area contributed by atoms with Crippen LogP contribution in [0.1, 0.15) is 20.1 Å². The number of rotatable bonds is 4. The van der Waals surface area contributed by atoms with E-state index in [4.69, 9.17) is 9.47 Å². The number of anilines is 1. The molecule has 0 radical (unpaired) electrons. The summed E-state index contributed by atoms with van der Waals surface area (Å²) >= 11 is 0. The number of aliphatic hydroxyl groups excluding tert-OH is 2. The van der Waals surface area contributed by atoms with Gasteiger partial charge in [-0.1, -0.05) is 13.8 Å². The number of nitrogens with zero attached hydrogens (tertiary/aromatic N) is 3. The highest BCUT2D eigenvalue weighted by atomic mass is 16.6. The summed E-state index contributed by atoms with van der Waals surface area (Å²) in [4.78, 5) is 34.8. The predicted octanol–water partition coefficient (Wildman–Crippen LogP) is -1.02.